The van der Waals surface area contributed by atoms with Crippen molar-refractivity contribution in [2.75, 3.05) is 12.0 Å². The lowest BCUT2D eigenvalue weighted by Gasteiger charge is -2.27. The van der Waals surface area contributed by atoms with Crippen LogP contribution in [-0.4, -0.2) is 23.9 Å². The Morgan fingerprint density at radius 1 is 0.886 bits per heavy atom. The molecule has 5 rings (SSSR count). The first-order valence-corrected chi connectivity index (χ1v) is 11.4. The fraction of sp³-hybridized carbons (Fsp3) is 0.133. The maximum atomic E-state index is 13.5. The van der Waals surface area contributed by atoms with Crippen LogP contribution in [-0.2, 0) is 9.59 Å². The van der Waals surface area contributed by atoms with Crippen LogP contribution in [0.25, 0.3) is 16.5 Å². The number of hydrogen-bond donors (Lipinski definition) is 1. The second kappa shape index (κ2) is 8.76. The van der Waals surface area contributed by atoms with Crippen LogP contribution in [0.5, 0.6) is 5.75 Å². The number of ether oxygens (including phenoxy) is 1. The van der Waals surface area contributed by atoms with E-state index >= 15 is 0 Å². The molecule has 35 heavy (non-hydrogen) atoms. The first-order valence-electron chi connectivity index (χ1n) is 11.4. The standard InChI is InChI=1S/C30H25NO4/c1-18-11-12-19(2)25(17-18)31-27(21-13-15-22(35-3)16-14-21)26(29(33)30(31)34)28(32)24-10-6-8-20-7-4-5-9-23(20)24/h4-17,27,32H,1-3H3/b28-26-. The number of Topliss-reactive ketones (excluding diaryl/α,β-unsaturated/α-hetero) is 1. The van der Waals surface area contributed by atoms with Crippen LogP contribution >= 0.6 is 0 Å². The lowest BCUT2D eigenvalue weighted by Crippen LogP contribution is -2.30. The zero-order valence-electron chi connectivity index (χ0n) is 19.8. The van der Waals surface area contributed by atoms with Gasteiger partial charge in [-0.15, -0.1) is 0 Å². The molecular weight excluding hydrogens is 438 g/mol. The van der Waals surface area contributed by atoms with Crippen molar-refractivity contribution in [1.29, 1.82) is 0 Å². The molecule has 5 heteroatoms. The van der Waals surface area contributed by atoms with Crippen LogP contribution in [0.15, 0.2) is 90.5 Å². The average molecular weight is 464 g/mol. The van der Waals surface area contributed by atoms with Crippen molar-refractivity contribution in [2.24, 2.45) is 0 Å². The highest BCUT2D eigenvalue weighted by atomic mass is 16.5. The number of amides is 1. The predicted molar refractivity (Wildman–Crippen MR) is 138 cm³/mol. The molecule has 1 aliphatic heterocycles. The summed E-state index contributed by atoms with van der Waals surface area (Å²) in [7, 11) is 1.58. The summed E-state index contributed by atoms with van der Waals surface area (Å²) < 4.78 is 5.30. The minimum Gasteiger partial charge on any atom is -0.507 e. The number of aryl methyl sites for hydroxylation is 2. The Labute approximate surface area is 203 Å². The van der Waals surface area contributed by atoms with E-state index in [9.17, 15) is 14.7 Å². The summed E-state index contributed by atoms with van der Waals surface area (Å²) in [6.07, 6.45) is 0. The molecule has 0 spiro atoms. The molecule has 1 heterocycles. The van der Waals surface area contributed by atoms with E-state index in [0.717, 1.165) is 21.9 Å². The maximum Gasteiger partial charge on any atom is 0.300 e. The van der Waals surface area contributed by atoms with Crippen molar-refractivity contribution < 1.29 is 19.4 Å². The van der Waals surface area contributed by atoms with Gasteiger partial charge in [0, 0.05) is 11.3 Å². The molecule has 0 radical (unpaired) electrons. The lowest BCUT2D eigenvalue weighted by atomic mass is 9.93. The number of methoxy groups -OCH3 is 1. The van der Waals surface area contributed by atoms with E-state index in [2.05, 4.69) is 0 Å². The fourth-order valence-corrected chi connectivity index (χ4v) is 4.74. The van der Waals surface area contributed by atoms with Gasteiger partial charge in [-0.3, -0.25) is 14.5 Å². The molecule has 1 amide bonds. The van der Waals surface area contributed by atoms with E-state index in [1.807, 2.05) is 80.6 Å². The zero-order chi connectivity index (χ0) is 24.7. The number of fused-ring (bicyclic) bond motifs is 1. The Morgan fingerprint density at radius 2 is 1.60 bits per heavy atom. The number of nitrogens with zero attached hydrogens (tertiary/aromatic N) is 1. The molecule has 4 aromatic carbocycles. The van der Waals surface area contributed by atoms with Crippen molar-refractivity contribution >= 4 is 33.9 Å². The van der Waals surface area contributed by atoms with Crippen LogP contribution in [0.4, 0.5) is 5.69 Å². The van der Waals surface area contributed by atoms with Gasteiger partial charge in [-0.05, 0) is 59.5 Å². The fourth-order valence-electron chi connectivity index (χ4n) is 4.74. The summed E-state index contributed by atoms with van der Waals surface area (Å²) >= 11 is 0. The van der Waals surface area contributed by atoms with Crippen LogP contribution in [0.3, 0.4) is 0 Å². The monoisotopic (exact) mass is 463 g/mol. The number of carbonyl (C=O) groups is 2. The van der Waals surface area contributed by atoms with Gasteiger partial charge >= 0.3 is 0 Å². The average Bonchev–Trinajstić information content (AvgIpc) is 3.15. The smallest absolute Gasteiger partial charge is 0.300 e. The van der Waals surface area contributed by atoms with Crippen molar-refractivity contribution in [2.45, 2.75) is 19.9 Å². The lowest BCUT2D eigenvalue weighted by molar-refractivity contribution is -0.132. The number of anilines is 1. The Morgan fingerprint density at radius 3 is 2.34 bits per heavy atom. The van der Waals surface area contributed by atoms with E-state index in [1.54, 1.807) is 25.3 Å². The highest BCUT2D eigenvalue weighted by molar-refractivity contribution is 6.52. The Balaban J connectivity index is 1.79. The van der Waals surface area contributed by atoms with Crippen molar-refractivity contribution in [3.05, 3.63) is 113 Å². The van der Waals surface area contributed by atoms with E-state index < -0.39 is 17.7 Å². The molecule has 5 nitrogen and oxygen atoms in total. The topological polar surface area (TPSA) is 66.8 Å². The van der Waals surface area contributed by atoms with Gasteiger partial charge < -0.3 is 9.84 Å². The number of hydrogen-bond acceptors (Lipinski definition) is 4. The molecule has 0 aliphatic carbocycles. The summed E-state index contributed by atoms with van der Waals surface area (Å²) in [5, 5.41) is 13.3. The summed E-state index contributed by atoms with van der Waals surface area (Å²) in [4.78, 5) is 28.5. The van der Waals surface area contributed by atoms with Crippen molar-refractivity contribution in [3.8, 4) is 5.75 Å². The molecular formula is C30H25NO4. The summed E-state index contributed by atoms with van der Waals surface area (Å²) in [6.45, 7) is 3.85. The third kappa shape index (κ3) is 3.75. The second-order valence-corrected chi connectivity index (χ2v) is 8.76. The normalized spacial score (nSPS) is 17.2. The quantitative estimate of drug-likeness (QED) is 0.226. The first-order chi connectivity index (χ1) is 16.9. The molecule has 0 aromatic heterocycles. The second-order valence-electron chi connectivity index (χ2n) is 8.76. The predicted octanol–water partition coefficient (Wildman–Crippen LogP) is 6.09. The zero-order valence-corrected chi connectivity index (χ0v) is 19.8. The largest absolute Gasteiger partial charge is 0.507 e. The number of ketones is 1. The Kier molecular flexibility index (Phi) is 5.61. The van der Waals surface area contributed by atoms with Crippen LogP contribution in [0.1, 0.15) is 28.3 Å². The molecule has 0 saturated carbocycles. The minimum absolute atomic E-state index is 0.0671. The van der Waals surface area contributed by atoms with Crippen LogP contribution in [0, 0.1) is 13.8 Å². The van der Waals surface area contributed by atoms with E-state index in [4.69, 9.17) is 4.74 Å². The molecule has 174 valence electrons. The molecule has 1 aliphatic rings. The van der Waals surface area contributed by atoms with Gasteiger partial charge in [0.15, 0.2) is 0 Å². The molecule has 1 atom stereocenters. The molecule has 1 unspecified atom stereocenters. The van der Waals surface area contributed by atoms with Gasteiger partial charge in [-0.25, -0.2) is 0 Å². The number of aliphatic hydroxyl groups excluding tert-OH is 1. The maximum absolute atomic E-state index is 13.5. The third-order valence-corrected chi connectivity index (χ3v) is 6.54. The van der Waals surface area contributed by atoms with Gasteiger partial charge in [-0.1, -0.05) is 66.7 Å². The first kappa shape index (κ1) is 22.4. The third-order valence-electron chi connectivity index (χ3n) is 6.54. The van der Waals surface area contributed by atoms with Crippen molar-refractivity contribution in [1.82, 2.24) is 0 Å². The SMILES string of the molecule is COc1ccc(C2/C(=C(/O)c3cccc4ccccc34)C(=O)C(=O)N2c2cc(C)ccc2C)cc1. The van der Waals surface area contributed by atoms with E-state index in [1.165, 1.54) is 4.90 Å². The van der Waals surface area contributed by atoms with Crippen LogP contribution in [0.2, 0.25) is 0 Å². The number of benzene rings is 4. The molecule has 0 bridgehead atoms. The highest BCUT2D eigenvalue weighted by Crippen LogP contribution is 2.44. The molecule has 1 N–H and O–H groups in total. The molecule has 1 saturated heterocycles. The Bertz CT molecular complexity index is 1500. The molecule has 1 fully saturated rings. The summed E-state index contributed by atoms with van der Waals surface area (Å²) in [5.41, 5.74) is 3.76. The number of rotatable bonds is 4. The van der Waals surface area contributed by atoms with Gasteiger partial charge in [-0.2, -0.15) is 0 Å². The minimum atomic E-state index is -0.791. The van der Waals surface area contributed by atoms with Crippen LogP contribution < -0.4 is 9.64 Å². The number of carbonyl (C=O) groups excluding carboxylic acids is 2. The van der Waals surface area contributed by atoms with E-state index in [0.29, 0.717) is 22.6 Å². The van der Waals surface area contributed by atoms with E-state index in [-0.39, 0.29) is 11.3 Å². The highest BCUT2D eigenvalue weighted by Gasteiger charge is 2.47. The van der Waals surface area contributed by atoms with Gasteiger partial charge in [0.25, 0.3) is 11.7 Å². The Hall–Kier alpha value is -4.38. The van der Waals surface area contributed by atoms with Gasteiger partial charge in [0.1, 0.15) is 11.5 Å². The van der Waals surface area contributed by atoms with Crippen molar-refractivity contribution in [3.63, 3.8) is 0 Å². The molecule has 4 aromatic rings. The summed E-state index contributed by atoms with van der Waals surface area (Å²) in [6, 6.07) is 25.4. The van der Waals surface area contributed by atoms with Gasteiger partial charge in [0.2, 0.25) is 0 Å². The summed E-state index contributed by atoms with van der Waals surface area (Å²) in [5.74, 6) is -0.904. The van der Waals surface area contributed by atoms with Gasteiger partial charge in [0.05, 0.1) is 18.7 Å². The number of aliphatic hydroxyl groups is 1.